The number of carbonyl (C=O) groups is 1. The Morgan fingerprint density at radius 3 is 2.41 bits per heavy atom. The molecule has 1 aliphatic rings. The van der Waals surface area contributed by atoms with E-state index in [1.165, 1.54) is 12.1 Å². The number of nitrogens with two attached hydrogens (primary N) is 1. The molecule has 0 radical (unpaired) electrons. The number of aromatic nitrogens is 2. The number of amides is 2. The molecule has 7 nitrogen and oxygen atoms in total. The first-order chi connectivity index (χ1) is 18.9. The molecule has 1 fully saturated rings. The van der Waals surface area contributed by atoms with Crippen LogP contribution in [0.15, 0.2) is 83.3 Å². The van der Waals surface area contributed by atoms with E-state index in [2.05, 4.69) is 31.2 Å². The number of hydrogen-bond donors (Lipinski definition) is 2. The highest BCUT2D eigenvalue weighted by atomic mass is 79.9. The van der Waals surface area contributed by atoms with Crippen molar-refractivity contribution in [2.45, 2.75) is 12.3 Å². The standard InChI is InChI=1S/C16H13BrN4O.C13H17F2NO/c17-13-14(11-7-3-1-4-8-11)20-21(15(13)19-16(18)22)12-9-5-2-6-10-12;1-17-7-6-16-5-4-11(9-16)10-2-3-12(14)13(15)8-10/h1-10H,(H3,18,19,22);2-3,8,11H,4-7,9H2,1H3. The lowest BCUT2D eigenvalue weighted by atomic mass is 9.98. The monoisotopic (exact) mass is 597 g/mol. The lowest BCUT2D eigenvalue weighted by Crippen LogP contribution is -2.24. The smallest absolute Gasteiger partial charge is 0.317 e. The van der Waals surface area contributed by atoms with Gasteiger partial charge in [0.05, 0.1) is 16.8 Å². The Morgan fingerprint density at radius 1 is 1.08 bits per heavy atom. The molecule has 1 atom stereocenters. The number of hydrogen-bond acceptors (Lipinski definition) is 4. The van der Waals surface area contributed by atoms with E-state index in [4.69, 9.17) is 10.5 Å². The summed E-state index contributed by atoms with van der Waals surface area (Å²) >= 11 is 3.51. The number of nitrogens with one attached hydrogen (secondary N) is 1. The number of urea groups is 1. The molecule has 4 aromatic rings. The zero-order valence-electron chi connectivity index (χ0n) is 21.5. The Morgan fingerprint density at radius 2 is 1.77 bits per heavy atom. The van der Waals surface area contributed by atoms with Gasteiger partial charge in [-0.25, -0.2) is 18.3 Å². The number of rotatable bonds is 7. The Kier molecular flexibility index (Phi) is 9.80. The van der Waals surface area contributed by atoms with Crippen LogP contribution < -0.4 is 11.1 Å². The number of carbonyl (C=O) groups excluding carboxylic acids is 1. The van der Waals surface area contributed by atoms with Gasteiger partial charge in [0.2, 0.25) is 0 Å². The highest BCUT2D eigenvalue weighted by molar-refractivity contribution is 9.10. The van der Waals surface area contributed by atoms with E-state index in [1.807, 2.05) is 60.7 Å². The third kappa shape index (κ3) is 7.29. The van der Waals surface area contributed by atoms with Crippen molar-refractivity contribution in [3.63, 3.8) is 0 Å². The molecule has 3 aromatic carbocycles. The summed E-state index contributed by atoms with van der Waals surface area (Å²) in [5.74, 6) is -0.722. The van der Waals surface area contributed by atoms with Crippen LogP contribution in [0.2, 0.25) is 0 Å². The van der Waals surface area contributed by atoms with E-state index >= 15 is 0 Å². The van der Waals surface area contributed by atoms with Crippen LogP contribution in [-0.4, -0.2) is 54.1 Å². The van der Waals surface area contributed by atoms with Crippen molar-refractivity contribution in [1.29, 1.82) is 0 Å². The molecule has 1 saturated heterocycles. The minimum atomic E-state index is -0.775. The molecule has 5 rings (SSSR count). The van der Waals surface area contributed by atoms with Crippen molar-refractivity contribution in [1.82, 2.24) is 14.7 Å². The molecule has 2 amide bonds. The van der Waals surface area contributed by atoms with Gasteiger partial charge in [-0.05, 0) is 64.6 Å². The summed E-state index contributed by atoms with van der Waals surface area (Å²) in [6.07, 6.45) is 0.995. The average Bonchev–Trinajstić information content (AvgIpc) is 3.55. The third-order valence-electron chi connectivity index (χ3n) is 6.42. The van der Waals surface area contributed by atoms with E-state index < -0.39 is 17.7 Å². The summed E-state index contributed by atoms with van der Waals surface area (Å²) in [5.41, 5.74) is 8.67. The highest BCUT2D eigenvalue weighted by Crippen LogP contribution is 2.35. The lowest BCUT2D eigenvalue weighted by molar-refractivity contribution is 0.160. The van der Waals surface area contributed by atoms with Crippen molar-refractivity contribution < 1.29 is 18.3 Å². The summed E-state index contributed by atoms with van der Waals surface area (Å²) in [5, 5.41) is 7.23. The molecule has 10 heteroatoms. The van der Waals surface area contributed by atoms with Crippen LogP contribution in [0.3, 0.4) is 0 Å². The Hall–Kier alpha value is -3.60. The van der Waals surface area contributed by atoms with Crippen molar-refractivity contribution in [3.05, 3.63) is 101 Å². The van der Waals surface area contributed by atoms with Gasteiger partial charge >= 0.3 is 6.03 Å². The van der Waals surface area contributed by atoms with Gasteiger partial charge in [-0.1, -0.05) is 54.6 Å². The second-order valence-electron chi connectivity index (χ2n) is 9.07. The van der Waals surface area contributed by atoms with E-state index in [0.29, 0.717) is 22.8 Å². The number of para-hydroxylation sites is 1. The SMILES string of the molecule is COCCN1CCC(c2ccc(F)c(F)c2)C1.NC(=O)Nc1c(Br)c(-c2ccccc2)nn1-c1ccccc1. The number of nitrogens with zero attached hydrogens (tertiary/aromatic N) is 3. The first kappa shape index (κ1) is 28.4. The van der Waals surface area contributed by atoms with Crippen LogP contribution >= 0.6 is 15.9 Å². The number of primary amides is 1. The van der Waals surface area contributed by atoms with Gasteiger partial charge in [0, 0.05) is 25.8 Å². The van der Waals surface area contributed by atoms with Crippen LogP contribution in [0.4, 0.5) is 19.4 Å². The van der Waals surface area contributed by atoms with Gasteiger partial charge in [0.25, 0.3) is 0 Å². The fourth-order valence-electron chi connectivity index (χ4n) is 4.45. The van der Waals surface area contributed by atoms with Crippen LogP contribution in [0, 0.1) is 11.6 Å². The summed E-state index contributed by atoms with van der Waals surface area (Å²) < 4.78 is 33.3. The zero-order chi connectivity index (χ0) is 27.8. The number of halogens is 3. The highest BCUT2D eigenvalue weighted by Gasteiger charge is 2.24. The number of anilines is 1. The molecule has 1 aliphatic heterocycles. The summed E-state index contributed by atoms with van der Waals surface area (Å²) in [7, 11) is 1.68. The average molecular weight is 598 g/mol. The molecular weight excluding hydrogens is 568 g/mol. The van der Waals surface area contributed by atoms with Gasteiger partial charge in [0.15, 0.2) is 17.5 Å². The Bertz CT molecular complexity index is 1390. The maximum atomic E-state index is 13.1. The van der Waals surface area contributed by atoms with Gasteiger partial charge in [-0.3, -0.25) is 5.32 Å². The van der Waals surface area contributed by atoms with Crippen molar-refractivity contribution in [3.8, 4) is 16.9 Å². The molecule has 204 valence electrons. The maximum absolute atomic E-state index is 13.1. The number of methoxy groups -OCH3 is 1. The molecule has 1 aromatic heterocycles. The van der Waals surface area contributed by atoms with Crippen LogP contribution in [0.1, 0.15) is 17.9 Å². The lowest BCUT2D eigenvalue weighted by Gasteiger charge is -2.15. The Labute approximate surface area is 234 Å². The first-order valence-electron chi connectivity index (χ1n) is 12.5. The van der Waals surface area contributed by atoms with Crippen LogP contribution in [0.5, 0.6) is 0 Å². The van der Waals surface area contributed by atoms with Crippen LogP contribution in [-0.2, 0) is 4.74 Å². The predicted molar refractivity (Wildman–Crippen MR) is 152 cm³/mol. The van der Waals surface area contributed by atoms with Crippen molar-refractivity contribution in [2.24, 2.45) is 5.73 Å². The Balaban J connectivity index is 0.000000187. The summed E-state index contributed by atoms with van der Waals surface area (Å²) in [4.78, 5) is 13.6. The zero-order valence-corrected chi connectivity index (χ0v) is 23.1. The second kappa shape index (κ2) is 13.5. The van der Waals surface area contributed by atoms with Gasteiger partial charge in [-0.2, -0.15) is 5.10 Å². The molecule has 0 bridgehead atoms. The van der Waals surface area contributed by atoms with Crippen LogP contribution in [0.25, 0.3) is 16.9 Å². The molecule has 0 saturated carbocycles. The molecule has 0 aliphatic carbocycles. The molecule has 39 heavy (non-hydrogen) atoms. The minimum absolute atomic E-state index is 0.307. The van der Waals surface area contributed by atoms with E-state index in [1.54, 1.807) is 17.9 Å². The van der Waals surface area contributed by atoms with E-state index in [9.17, 15) is 13.6 Å². The summed E-state index contributed by atoms with van der Waals surface area (Å²) in [6.45, 7) is 3.50. The first-order valence-corrected chi connectivity index (χ1v) is 13.3. The molecule has 0 spiro atoms. The largest absolute Gasteiger partial charge is 0.383 e. The molecule has 1 unspecified atom stereocenters. The van der Waals surface area contributed by atoms with Crippen molar-refractivity contribution in [2.75, 3.05) is 38.7 Å². The maximum Gasteiger partial charge on any atom is 0.317 e. The quantitative estimate of drug-likeness (QED) is 0.266. The minimum Gasteiger partial charge on any atom is -0.383 e. The van der Waals surface area contributed by atoms with Gasteiger partial charge in [0.1, 0.15) is 5.69 Å². The number of ether oxygens (including phenoxy) is 1. The van der Waals surface area contributed by atoms with Crippen molar-refractivity contribution >= 4 is 27.8 Å². The van der Waals surface area contributed by atoms with Gasteiger partial charge < -0.3 is 15.4 Å². The number of benzene rings is 3. The second-order valence-corrected chi connectivity index (χ2v) is 9.86. The van der Waals surface area contributed by atoms with E-state index in [0.717, 1.165) is 48.6 Å². The van der Waals surface area contributed by atoms with E-state index in [-0.39, 0.29) is 0 Å². The number of likely N-dealkylation sites (tertiary alicyclic amines) is 1. The molecular formula is C29H30BrF2N5O2. The molecule has 2 heterocycles. The van der Waals surface area contributed by atoms with Gasteiger partial charge in [-0.15, -0.1) is 0 Å². The topological polar surface area (TPSA) is 85.4 Å². The fourth-order valence-corrected chi connectivity index (χ4v) is 5.03. The fraction of sp³-hybridized carbons (Fsp3) is 0.241. The normalized spacial score (nSPS) is 15.0. The predicted octanol–water partition coefficient (Wildman–Crippen LogP) is 6.19. The third-order valence-corrected chi connectivity index (χ3v) is 7.17. The molecule has 3 N–H and O–H groups in total. The summed E-state index contributed by atoms with van der Waals surface area (Å²) in [6, 6.07) is 22.8.